The Bertz CT molecular complexity index is 746. The molecule has 0 atom stereocenters. The number of nitrogens with one attached hydrogen (secondary N) is 1. The fourth-order valence-electron chi connectivity index (χ4n) is 1.72. The number of amides is 1. The summed E-state index contributed by atoms with van der Waals surface area (Å²) in [6.07, 6.45) is 1.28. The van der Waals surface area contributed by atoms with Crippen LogP contribution in [0.15, 0.2) is 58.1 Å². The number of halogens is 1. The molecule has 0 fully saturated rings. The first-order valence-electron chi connectivity index (χ1n) is 6.59. The Morgan fingerprint density at radius 1 is 1.22 bits per heavy atom. The number of nitrogens with zero attached hydrogens (tertiary/aromatic N) is 1. The van der Waals surface area contributed by atoms with E-state index >= 15 is 0 Å². The molecule has 118 valence electrons. The van der Waals surface area contributed by atoms with Crippen LogP contribution in [0, 0.1) is 0 Å². The number of rotatable bonds is 6. The van der Waals surface area contributed by atoms with Gasteiger partial charge in [0.1, 0.15) is 5.75 Å². The molecule has 0 radical (unpaired) electrons. The summed E-state index contributed by atoms with van der Waals surface area (Å²) in [5.41, 5.74) is 2.79. The highest BCUT2D eigenvalue weighted by atomic mass is 79.9. The Labute approximate surface area is 140 Å². The maximum atomic E-state index is 11.6. The van der Waals surface area contributed by atoms with E-state index in [9.17, 15) is 9.59 Å². The summed E-state index contributed by atoms with van der Waals surface area (Å²) in [5, 5.41) is 12.8. The molecule has 0 aliphatic heterocycles. The first kappa shape index (κ1) is 16.7. The highest BCUT2D eigenvalue weighted by Gasteiger charge is 2.07. The number of hydrazone groups is 1. The van der Waals surface area contributed by atoms with Crippen LogP contribution in [0.2, 0.25) is 0 Å². The normalized spacial score (nSPS) is 10.5. The van der Waals surface area contributed by atoms with Crippen molar-refractivity contribution >= 4 is 34.0 Å². The maximum Gasteiger partial charge on any atom is 0.336 e. The van der Waals surface area contributed by atoms with E-state index in [2.05, 4.69) is 26.5 Å². The van der Waals surface area contributed by atoms with E-state index in [1.165, 1.54) is 12.3 Å². The molecule has 0 saturated carbocycles. The zero-order valence-corrected chi connectivity index (χ0v) is 13.5. The molecular weight excluding hydrogens is 364 g/mol. The lowest BCUT2D eigenvalue weighted by Gasteiger charge is -2.05. The van der Waals surface area contributed by atoms with Gasteiger partial charge in [-0.25, -0.2) is 10.2 Å². The minimum absolute atomic E-state index is 0.107. The van der Waals surface area contributed by atoms with Crippen molar-refractivity contribution in [2.45, 2.75) is 0 Å². The molecule has 7 heteroatoms. The van der Waals surface area contributed by atoms with Crippen LogP contribution in [0.25, 0.3) is 0 Å². The number of carbonyl (C=O) groups is 2. The Morgan fingerprint density at radius 2 is 2.00 bits per heavy atom. The lowest BCUT2D eigenvalue weighted by atomic mass is 10.1. The number of aromatic carboxylic acids is 1. The molecule has 2 aromatic carbocycles. The van der Waals surface area contributed by atoms with E-state index in [0.29, 0.717) is 11.3 Å². The Kier molecular flexibility index (Phi) is 5.87. The summed E-state index contributed by atoms with van der Waals surface area (Å²) >= 11 is 3.30. The van der Waals surface area contributed by atoms with Crippen LogP contribution < -0.4 is 10.2 Å². The SMILES string of the molecule is O=C(COc1cccc(Br)c1)N/N=C/c1ccccc1C(=O)O. The van der Waals surface area contributed by atoms with Crippen molar-refractivity contribution in [3.8, 4) is 5.75 Å². The second-order valence-corrected chi connectivity index (χ2v) is 5.35. The van der Waals surface area contributed by atoms with Gasteiger partial charge in [0.2, 0.25) is 0 Å². The van der Waals surface area contributed by atoms with Gasteiger partial charge in [-0.1, -0.05) is 40.2 Å². The standard InChI is InChI=1S/C16H13BrN2O4/c17-12-5-3-6-13(8-12)23-10-15(20)19-18-9-11-4-1-2-7-14(11)16(21)22/h1-9H,10H2,(H,19,20)(H,21,22)/b18-9+. The zero-order chi connectivity index (χ0) is 16.7. The molecule has 0 unspecified atom stereocenters. The smallest absolute Gasteiger partial charge is 0.336 e. The largest absolute Gasteiger partial charge is 0.484 e. The third kappa shape index (κ3) is 5.23. The van der Waals surface area contributed by atoms with E-state index < -0.39 is 11.9 Å². The van der Waals surface area contributed by atoms with E-state index in [1.54, 1.807) is 36.4 Å². The molecule has 1 amide bonds. The lowest BCUT2D eigenvalue weighted by molar-refractivity contribution is -0.123. The van der Waals surface area contributed by atoms with E-state index in [1.807, 2.05) is 6.07 Å². The van der Waals surface area contributed by atoms with Crippen LogP contribution in [-0.4, -0.2) is 29.8 Å². The van der Waals surface area contributed by atoms with Crippen LogP contribution in [0.4, 0.5) is 0 Å². The Balaban J connectivity index is 1.88. The molecular formula is C16H13BrN2O4. The van der Waals surface area contributed by atoms with Gasteiger partial charge in [0.25, 0.3) is 5.91 Å². The van der Waals surface area contributed by atoms with Gasteiger partial charge in [-0.05, 0) is 24.3 Å². The van der Waals surface area contributed by atoms with Crippen LogP contribution in [0.5, 0.6) is 5.75 Å². The molecule has 0 aliphatic rings. The van der Waals surface area contributed by atoms with Crippen molar-refractivity contribution in [3.63, 3.8) is 0 Å². The lowest BCUT2D eigenvalue weighted by Crippen LogP contribution is -2.24. The van der Waals surface area contributed by atoms with E-state index in [0.717, 1.165) is 4.47 Å². The minimum Gasteiger partial charge on any atom is -0.484 e. The average Bonchev–Trinajstić information content (AvgIpc) is 2.53. The average molecular weight is 377 g/mol. The third-order valence-corrected chi connectivity index (χ3v) is 3.24. The minimum atomic E-state index is -1.06. The van der Waals surface area contributed by atoms with E-state index in [4.69, 9.17) is 9.84 Å². The van der Waals surface area contributed by atoms with E-state index in [-0.39, 0.29) is 12.2 Å². The first-order chi connectivity index (χ1) is 11.1. The molecule has 23 heavy (non-hydrogen) atoms. The summed E-state index contributed by atoms with van der Waals surface area (Å²) in [5.74, 6) is -0.958. The third-order valence-electron chi connectivity index (χ3n) is 2.75. The van der Waals surface area contributed by atoms with Crippen molar-refractivity contribution in [2.24, 2.45) is 5.10 Å². The van der Waals surface area contributed by atoms with Gasteiger partial charge < -0.3 is 9.84 Å². The molecule has 2 N–H and O–H groups in total. The molecule has 0 heterocycles. The second-order valence-electron chi connectivity index (χ2n) is 4.43. The number of ether oxygens (including phenoxy) is 1. The van der Waals surface area contributed by atoms with Gasteiger partial charge >= 0.3 is 5.97 Å². The molecule has 0 aliphatic carbocycles. The number of carbonyl (C=O) groups excluding carboxylic acids is 1. The number of carboxylic acid groups (broad SMARTS) is 1. The molecule has 0 saturated heterocycles. The number of hydrogen-bond donors (Lipinski definition) is 2. The molecule has 2 rings (SSSR count). The molecule has 2 aromatic rings. The summed E-state index contributed by atoms with van der Waals surface area (Å²) in [6, 6.07) is 13.5. The predicted molar refractivity (Wildman–Crippen MR) is 88.8 cm³/mol. The number of hydrogen-bond acceptors (Lipinski definition) is 4. The molecule has 0 aromatic heterocycles. The van der Waals surface area contributed by atoms with Crippen LogP contribution in [0.3, 0.4) is 0 Å². The maximum absolute atomic E-state index is 11.6. The fourth-order valence-corrected chi connectivity index (χ4v) is 2.09. The van der Waals surface area contributed by atoms with Crippen LogP contribution >= 0.6 is 15.9 Å². The second kappa shape index (κ2) is 8.09. The van der Waals surface area contributed by atoms with Crippen molar-refractivity contribution in [2.75, 3.05) is 6.61 Å². The van der Waals surface area contributed by atoms with Crippen LogP contribution in [-0.2, 0) is 4.79 Å². The highest BCUT2D eigenvalue weighted by molar-refractivity contribution is 9.10. The highest BCUT2D eigenvalue weighted by Crippen LogP contribution is 2.17. The van der Waals surface area contributed by atoms with Gasteiger partial charge in [-0.3, -0.25) is 4.79 Å². The van der Waals surface area contributed by atoms with Gasteiger partial charge in [0.05, 0.1) is 11.8 Å². The summed E-state index contributed by atoms with van der Waals surface area (Å²) in [6.45, 7) is -0.200. The predicted octanol–water partition coefficient (Wildman–Crippen LogP) is 2.68. The topological polar surface area (TPSA) is 88.0 Å². The van der Waals surface area contributed by atoms with Crippen LogP contribution in [0.1, 0.15) is 15.9 Å². The Morgan fingerprint density at radius 3 is 2.74 bits per heavy atom. The summed E-state index contributed by atoms with van der Waals surface area (Å²) < 4.78 is 6.15. The molecule has 6 nitrogen and oxygen atoms in total. The summed E-state index contributed by atoms with van der Waals surface area (Å²) in [4.78, 5) is 22.7. The van der Waals surface area contributed by atoms with Crippen molar-refractivity contribution in [3.05, 3.63) is 64.1 Å². The van der Waals surface area contributed by atoms with Gasteiger partial charge in [-0.15, -0.1) is 0 Å². The number of carboxylic acids is 1. The zero-order valence-electron chi connectivity index (χ0n) is 11.9. The van der Waals surface area contributed by atoms with Crippen molar-refractivity contribution < 1.29 is 19.4 Å². The van der Waals surface area contributed by atoms with Gasteiger partial charge in [-0.2, -0.15) is 5.10 Å². The summed E-state index contributed by atoms with van der Waals surface area (Å²) in [7, 11) is 0. The molecule has 0 bridgehead atoms. The molecule has 0 spiro atoms. The van der Waals surface area contributed by atoms with Gasteiger partial charge in [0.15, 0.2) is 6.61 Å². The van der Waals surface area contributed by atoms with Crippen molar-refractivity contribution in [1.29, 1.82) is 0 Å². The van der Waals surface area contributed by atoms with Gasteiger partial charge in [0, 0.05) is 10.0 Å². The monoisotopic (exact) mass is 376 g/mol. The van der Waals surface area contributed by atoms with Crippen molar-refractivity contribution in [1.82, 2.24) is 5.43 Å². The Hall–Kier alpha value is -2.67. The fraction of sp³-hybridized carbons (Fsp3) is 0.0625. The quantitative estimate of drug-likeness (QED) is 0.599. The number of benzene rings is 2. The first-order valence-corrected chi connectivity index (χ1v) is 7.38.